The minimum absolute atomic E-state index is 0.159. The van der Waals surface area contributed by atoms with Crippen molar-refractivity contribution in [3.8, 4) is 0 Å². The number of benzene rings is 4. The number of aromatic nitrogens is 2. The molecule has 0 saturated heterocycles. The molecule has 5 nitrogen and oxygen atoms in total. The van der Waals surface area contributed by atoms with Gasteiger partial charge in [-0.25, -0.2) is 9.78 Å². The maximum absolute atomic E-state index is 13.1. The number of ether oxygens (including phenoxy) is 1. The van der Waals surface area contributed by atoms with Gasteiger partial charge in [-0.15, -0.1) is 0 Å². The van der Waals surface area contributed by atoms with Crippen LogP contribution in [0.15, 0.2) is 77.6 Å². The van der Waals surface area contributed by atoms with E-state index in [2.05, 4.69) is 9.97 Å². The van der Waals surface area contributed by atoms with Gasteiger partial charge < -0.3 is 9.72 Å². The lowest BCUT2D eigenvalue weighted by atomic mass is 9.97. The maximum Gasteiger partial charge on any atom is 0.339 e. The van der Waals surface area contributed by atoms with Crippen LogP contribution in [-0.4, -0.2) is 15.9 Å². The quantitative estimate of drug-likeness (QED) is 0.323. The summed E-state index contributed by atoms with van der Waals surface area (Å²) in [4.78, 5) is 32.4. The summed E-state index contributed by atoms with van der Waals surface area (Å²) >= 11 is 6.00. The van der Waals surface area contributed by atoms with Crippen LogP contribution in [0, 0.1) is 0 Å². The summed E-state index contributed by atoms with van der Waals surface area (Å²) in [6.45, 7) is -0.159. The number of carbonyl (C=O) groups is 1. The van der Waals surface area contributed by atoms with Gasteiger partial charge in [-0.3, -0.25) is 4.79 Å². The molecule has 0 atom stereocenters. The van der Waals surface area contributed by atoms with Crippen LogP contribution in [0.5, 0.6) is 0 Å². The largest absolute Gasteiger partial charge is 0.454 e. The van der Waals surface area contributed by atoms with E-state index in [1.54, 1.807) is 18.2 Å². The molecule has 0 fully saturated rings. The molecule has 1 aromatic heterocycles. The number of fused-ring (bicyclic) bond motifs is 3. The van der Waals surface area contributed by atoms with Crippen LogP contribution in [0.3, 0.4) is 0 Å². The van der Waals surface area contributed by atoms with Crippen molar-refractivity contribution >= 4 is 50.0 Å². The summed E-state index contributed by atoms with van der Waals surface area (Å²) in [6.07, 6.45) is 0. The Morgan fingerprint density at radius 1 is 0.900 bits per heavy atom. The van der Waals surface area contributed by atoms with Crippen molar-refractivity contribution in [2.24, 2.45) is 0 Å². The Balaban J connectivity index is 1.54. The van der Waals surface area contributed by atoms with Gasteiger partial charge in [0, 0.05) is 5.02 Å². The summed E-state index contributed by atoms with van der Waals surface area (Å²) in [5, 5.41) is 4.44. The number of esters is 1. The highest BCUT2D eigenvalue weighted by molar-refractivity contribution is 6.31. The standard InChI is InChI=1S/C24H15ClN2O3/c25-16-9-10-19-20(12-16)26-21(27-23(19)28)13-30-24(29)22-17-7-3-1-5-14(17)11-15-6-2-4-8-18(15)22/h1-12H,13H2,(H,26,27,28). The highest BCUT2D eigenvalue weighted by atomic mass is 35.5. The van der Waals surface area contributed by atoms with Gasteiger partial charge in [-0.2, -0.15) is 0 Å². The SMILES string of the molecule is O=C(OCc1nc2cc(Cl)ccc2c(=O)[nH]1)c1c2ccccc2cc2ccccc12. The van der Waals surface area contributed by atoms with Crippen LogP contribution in [0.1, 0.15) is 16.2 Å². The number of aromatic amines is 1. The molecule has 1 heterocycles. The molecule has 1 N–H and O–H groups in total. The molecule has 5 rings (SSSR count). The van der Waals surface area contributed by atoms with Gasteiger partial charge in [0.05, 0.1) is 16.5 Å². The van der Waals surface area contributed by atoms with E-state index in [0.717, 1.165) is 21.5 Å². The second kappa shape index (κ2) is 7.28. The van der Waals surface area contributed by atoms with Crippen molar-refractivity contribution in [1.82, 2.24) is 9.97 Å². The molecule has 0 amide bonds. The van der Waals surface area contributed by atoms with Gasteiger partial charge in [0.25, 0.3) is 5.56 Å². The minimum atomic E-state index is -0.475. The first kappa shape index (κ1) is 18.3. The summed E-state index contributed by atoms with van der Waals surface area (Å²) in [6, 6.07) is 22.3. The lowest BCUT2D eigenvalue weighted by Gasteiger charge is -2.11. The van der Waals surface area contributed by atoms with Gasteiger partial charge >= 0.3 is 5.97 Å². The molecule has 30 heavy (non-hydrogen) atoms. The molecule has 146 valence electrons. The third-order valence-electron chi connectivity index (χ3n) is 5.03. The van der Waals surface area contributed by atoms with Crippen LogP contribution in [0.4, 0.5) is 0 Å². The van der Waals surface area contributed by atoms with E-state index in [1.807, 2.05) is 54.6 Å². The Morgan fingerprint density at radius 2 is 1.57 bits per heavy atom. The fraction of sp³-hybridized carbons (Fsp3) is 0.0417. The van der Waals surface area contributed by atoms with Crippen molar-refractivity contribution in [1.29, 1.82) is 0 Å². The Kier molecular flexibility index (Phi) is 4.45. The third kappa shape index (κ3) is 3.19. The lowest BCUT2D eigenvalue weighted by Crippen LogP contribution is -2.15. The number of nitrogens with zero attached hydrogens (tertiary/aromatic N) is 1. The lowest BCUT2D eigenvalue weighted by molar-refractivity contribution is 0.0467. The molecular formula is C24H15ClN2O3. The zero-order chi connectivity index (χ0) is 20.7. The second-order valence-corrected chi connectivity index (χ2v) is 7.38. The third-order valence-corrected chi connectivity index (χ3v) is 5.27. The van der Waals surface area contributed by atoms with Gasteiger partial charge in [0.1, 0.15) is 12.4 Å². The van der Waals surface area contributed by atoms with Crippen LogP contribution >= 0.6 is 11.6 Å². The molecule has 6 heteroatoms. The number of hydrogen-bond acceptors (Lipinski definition) is 4. The van der Waals surface area contributed by atoms with E-state index in [-0.39, 0.29) is 18.0 Å². The number of nitrogens with one attached hydrogen (secondary N) is 1. The van der Waals surface area contributed by atoms with Crippen molar-refractivity contribution in [3.05, 3.63) is 99.6 Å². The average molecular weight is 415 g/mol. The molecule has 0 spiro atoms. The number of halogens is 1. The number of H-pyrrole nitrogens is 1. The first-order valence-corrected chi connectivity index (χ1v) is 9.74. The fourth-order valence-electron chi connectivity index (χ4n) is 3.67. The van der Waals surface area contributed by atoms with E-state index in [0.29, 0.717) is 21.5 Å². The predicted molar refractivity (Wildman–Crippen MR) is 118 cm³/mol. The topological polar surface area (TPSA) is 72.0 Å². The molecule has 0 bridgehead atoms. The van der Waals surface area contributed by atoms with E-state index in [1.165, 1.54) is 0 Å². The van der Waals surface area contributed by atoms with Crippen LogP contribution in [-0.2, 0) is 11.3 Å². The van der Waals surface area contributed by atoms with Gasteiger partial charge in [-0.1, -0.05) is 60.1 Å². The maximum atomic E-state index is 13.1. The molecule has 4 aromatic carbocycles. The predicted octanol–water partition coefficient (Wildman–Crippen LogP) is 5.24. The van der Waals surface area contributed by atoms with E-state index in [9.17, 15) is 9.59 Å². The smallest absolute Gasteiger partial charge is 0.339 e. The Labute approximate surface area is 175 Å². The highest BCUT2D eigenvalue weighted by Crippen LogP contribution is 2.29. The van der Waals surface area contributed by atoms with Crippen LogP contribution < -0.4 is 5.56 Å². The first-order chi connectivity index (χ1) is 14.6. The highest BCUT2D eigenvalue weighted by Gasteiger charge is 2.17. The molecule has 0 unspecified atom stereocenters. The van der Waals surface area contributed by atoms with Crippen molar-refractivity contribution < 1.29 is 9.53 Å². The molecule has 0 aliphatic carbocycles. The van der Waals surface area contributed by atoms with E-state index >= 15 is 0 Å². The van der Waals surface area contributed by atoms with Gasteiger partial charge in [0.15, 0.2) is 0 Å². The second-order valence-electron chi connectivity index (χ2n) is 6.94. The first-order valence-electron chi connectivity index (χ1n) is 9.36. The summed E-state index contributed by atoms with van der Waals surface area (Å²) in [5.41, 5.74) is 0.640. The molecule has 5 aromatic rings. The number of hydrogen-bond donors (Lipinski definition) is 1. The molecule has 0 radical (unpaired) electrons. The van der Waals surface area contributed by atoms with Gasteiger partial charge in [-0.05, 0) is 45.8 Å². The monoisotopic (exact) mass is 414 g/mol. The molecule has 0 aliphatic heterocycles. The van der Waals surface area contributed by atoms with Gasteiger partial charge in [0.2, 0.25) is 0 Å². The zero-order valence-electron chi connectivity index (χ0n) is 15.7. The molecule has 0 saturated carbocycles. The van der Waals surface area contributed by atoms with E-state index in [4.69, 9.17) is 16.3 Å². The van der Waals surface area contributed by atoms with Crippen molar-refractivity contribution in [3.63, 3.8) is 0 Å². The summed E-state index contributed by atoms with van der Waals surface area (Å²) < 4.78 is 5.56. The van der Waals surface area contributed by atoms with Crippen LogP contribution in [0.2, 0.25) is 5.02 Å². The fourth-order valence-corrected chi connectivity index (χ4v) is 3.84. The Morgan fingerprint density at radius 3 is 2.27 bits per heavy atom. The summed E-state index contributed by atoms with van der Waals surface area (Å²) in [7, 11) is 0. The van der Waals surface area contributed by atoms with Crippen molar-refractivity contribution in [2.45, 2.75) is 6.61 Å². The summed E-state index contributed by atoms with van der Waals surface area (Å²) in [5.74, 6) is -0.218. The molecule has 0 aliphatic rings. The molecular weight excluding hydrogens is 400 g/mol. The number of carbonyl (C=O) groups excluding carboxylic acids is 1. The minimum Gasteiger partial charge on any atom is -0.454 e. The zero-order valence-corrected chi connectivity index (χ0v) is 16.4. The number of rotatable bonds is 3. The Hall–Kier alpha value is -3.70. The van der Waals surface area contributed by atoms with Crippen LogP contribution in [0.25, 0.3) is 32.4 Å². The average Bonchev–Trinajstić information content (AvgIpc) is 2.75. The van der Waals surface area contributed by atoms with E-state index < -0.39 is 5.97 Å². The van der Waals surface area contributed by atoms with Crippen molar-refractivity contribution in [2.75, 3.05) is 0 Å². The Bertz CT molecular complexity index is 1450. The normalized spacial score (nSPS) is 11.2.